The van der Waals surface area contributed by atoms with Crippen molar-refractivity contribution in [3.05, 3.63) is 40.0 Å². The SMILES string of the molecule is CCC(N)Cc1cc(-c2cccc(Cl)c2Cl)n[nH]1. The van der Waals surface area contributed by atoms with Crippen molar-refractivity contribution in [2.75, 3.05) is 0 Å². The molecule has 2 rings (SSSR count). The van der Waals surface area contributed by atoms with Crippen molar-refractivity contribution in [1.29, 1.82) is 0 Å². The number of nitrogens with two attached hydrogens (primary N) is 1. The van der Waals surface area contributed by atoms with E-state index in [1.54, 1.807) is 6.07 Å². The Kier molecular flexibility index (Phi) is 4.27. The number of halogens is 2. The number of rotatable bonds is 4. The highest BCUT2D eigenvalue weighted by Gasteiger charge is 2.11. The molecule has 0 saturated heterocycles. The fraction of sp³-hybridized carbons (Fsp3) is 0.308. The Morgan fingerprint density at radius 3 is 2.89 bits per heavy atom. The monoisotopic (exact) mass is 283 g/mol. The third kappa shape index (κ3) is 2.86. The standard InChI is InChI=1S/C13H15Cl2N3/c1-2-8(16)6-9-7-12(18-17-9)10-4-3-5-11(14)13(10)15/h3-5,7-8H,2,6,16H2,1H3,(H,17,18). The summed E-state index contributed by atoms with van der Waals surface area (Å²) in [6, 6.07) is 7.62. The number of nitrogens with one attached hydrogen (secondary N) is 1. The normalized spacial score (nSPS) is 12.7. The molecule has 96 valence electrons. The van der Waals surface area contributed by atoms with Crippen LogP contribution < -0.4 is 5.73 Å². The smallest absolute Gasteiger partial charge is 0.0939 e. The van der Waals surface area contributed by atoms with Crippen molar-refractivity contribution in [1.82, 2.24) is 10.2 Å². The van der Waals surface area contributed by atoms with Crippen molar-refractivity contribution in [2.45, 2.75) is 25.8 Å². The zero-order valence-electron chi connectivity index (χ0n) is 10.1. The quantitative estimate of drug-likeness (QED) is 0.900. The Morgan fingerprint density at radius 2 is 2.17 bits per heavy atom. The molecule has 1 atom stereocenters. The number of hydrogen-bond acceptors (Lipinski definition) is 2. The molecule has 0 amide bonds. The fourth-order valence-corrected chi connectivity index (χ4v) is 2.13. The van der Waals surface area contributed by atoms with E-state index in [-0.39, 0.29) is 6.04 Å². The van der Waals surface area contributed by atoms with Crippen LogP contribution >= 0.6 is 23.2 Å². The summed E-state index contributed by atoms with van der Waals surface area (Å²) in [7, 11) is 0. The molecule has 0 aliphatic rings. The predicted molar refractivity (Wildman–Crippen MR) is 76.0 cm³/mol. The summed E-state index contributed by atoms with van der Waals surface area (Å²) in [5.41, 5.74) is 8.54. The maximum atomic E-state index is 6.16. The minimum atomic E-state index is 0.146. The molecule has 0 spiro atoms. The van der Waals surface area contributed by atoms with Gasteiger partial charge in [-0.2, -0.15) is 5.10 Å². The van der Waals surface area contributed by atoms with Crippen LogP contribution in [0.2, 0.25) is 10.0 Å². The van der Waals surface area contributed by atoms with Gasteiger partial charge in [-0.3, -0.25) is 5.10 Å². The molecule has 1 aromatic carbocycles. The molecule has 18 heavy (non-hydrogen) atoms. The summed E-state index contributed by atoms with van der Waals surface area (Å²) >= 11 is 12.1. The van der Waals surface area contributed by atoms with Gasteiger partial charge in [0, 0.05) is 23.7 Å². The van der Waals surface area contributed by atoms with Crippen LogP contribution in [0.5, 0.6) is 0 Å². The van der Waals surface area contributed by atoms with Gasteiger partial charge in [0.05, 0.1) is 15.7 Å². The molecule has 2 aromatic rings. The second kappa shape index (κ2) is 5.74. The molecule has 3 nitrogen and oxygen atoms in total. The van der Waals surface area contributed by atoms with Crippen LogP contribution in [0.25, 0.3) is 11.3 Å². The van der Waals surface area contributed by atoms with Crippen LogP contribution in [0.3, 0.4) is 0 Å². The first-order chi connectivity index (χ1) is 8.61. The third-order valence-electron chi connectivity index (χ3n) is 2.86. The molecule has 0 radical (unpaired) electrons. The molecule has 1 unspecified atom stereocenters. The molecular formula is C13H15Cl2N3. The van der Waals surface area contributed by atoms with Gasteiger partial charge in [-0.05, 0) is 18.6 Å². The zero-order chi connectivity index (χ0) is 13.1. The van der Waals surface area contributed by atoms with Crippen molar-refractivity contribution < 1.29 is 0 Å². The summed E-state index contributed by atoms with van der Waals surface area (Å²) in [6.45, 7) is 2.07. The number of nitrogens with zero attached hydrogens (tertiary/aromatic N) is 1. The molecule has 3 N–H and O–H groups in total. The van der Waals surface area contributed by atoms with Gasteiger partial charge < -0.3 is 5.73 Å². The maximum absolute atomic E-state index is 6.16. The lowest BCUT2D eigenvalue weighted by atomic mass is 10.1. The van der Waals surface area contributed by atoms with Gasteiger partial charge in [-0.15, -0.1) is 0 Å². The van der Waals surface area contributed by atoms with Gasteiger partial charge in [0.25, 0.3) is 0 Å². The Morgan fingerprint density at radius 1 is 1.39 bits per heavy atom. The first-order valence-corrected chi connectivity index (χ1v) is 6.61. The summed E-state index contributed by atoms with van der Waals surface area (Å²) < 4.78 is 0. The van der Waals surface area contributed by atoms with E-state index in [9.17, 15) is 0 Å². The van der Waals surface area contributed by atoms with E-state index in [4.69, 9.17) is 28.9 Å². The van der Waals surface area contributed by atoms with Crippen LogP contribution in [-0.2, 0) is 6.42 Å². The summed E-state index contributed by atoms with van der Waals surface area (Å²) in [6.07, 6.45) is 1.72. The third-order valence-corrected chi connectivity index (χ3v) is 3.68. The average Bonchev–Trinajstić information content (AvgIpc) is 2.80. The van der Waals surface area contributed by atoms with Crippen LogP contribution in [0.15, 0.2) is 24.3 Å². The number of aromatic nitrogens is 2. The lowest BCUT2D eigenvalue weighted by Gasteiger charge is -2.05. The maximum Gasteiger partial charge on any atom is 0.0939 e. The lowest BCUT2D eigenvalue weighted by molar-refractivity contribution is 0.635. The molecule has 1 aromatic heterocycles. The Labute approximate surface area is 116 Å². The first-order valence-electron chi connectivity index (χ1n) is 5.86. The Balaban J connectivity index is 2.27. The van der Waals surface area contributed by atoms with Crippen LogP contribution in [0, 0.1) is 0 Å². The van der Waals surface area contributed by atoms with Crippen LogP contribution in [0.4, 0.5) is 0 Å². The van der Waals surface area contributed by atoms with Gasteiger partial charge in [0.1, 0.15) is 0 Å². The fourth-order valence-electron chi connectivity index (χ4n) is 1.73. The molecule has 0 bridgehead atoms. The first kappa shape index (κ1) is 13.4. The summed E-state index contributed by atoms with van der Waals surface area (Å²) in [5, 5.41) is 8.29. The number of H-pyrrole nitrogens is 1. The highest BCUT2D eigenvalue weighted by atomic mass is 35.5. The van der Waals surface area contributed by atoms with Gasteiger partial charge in [-0.1, -0.05) is 42.3 Å². The average molecular weight is 284 g/mol. The second-order valence-corrected chi connectivity index (χ2v) is 5.04. The molecular weight excluding hydrogens is 269 g/mol. The van der Waals surface area contributed by atoms with E-state index in [0.29, 0.717) is 10.0 Å². The highest BCUT2D eigenvalue weighted by Crippen LogP contribution is 2.32. The van der Waals surface area contributed by atoms with Crippen molar-refractivity contribution in [3.63, 3.8) is 0 Å². The summed E-state index contributed by atoms with van der Waals surface area (Å²) in [4.78, 5) is 0. The largest absolute Gasteiger partial charge is 0.327 e. The van der Waals surface area contributed by atoms with Crippen molar-refractivity contribution in [3.8, 4) is 11.3 Å². The van der Waals surface area contributed by atoms with Crippen molar-refractivity contribution in [2.24, 2.45) is 5.73 Å². The van der Waals surface area contributed by atoms with Gasteiger partial charge >= 0.3 is 0 Å². The lowest BCUT2D eigenvalue weighted by Crippen LogP contribution is -2.21. The predicted octanol–water partition coefficient (Wildman–Crippen LogP) is 3.66. The van der Waals surface area contributed by atoms with Gasteiger partial charge in [0.15, 0.2) is 0 Å². The van der Waals surface area contributed by atoms with E-state index in [2.05, 4.69) is 17.1 Å². The van der Waals surface area contributed by atoms with E-state index in [0.717, 1.165) is 29.8 Å². The zero-order valence-corrected chi connectivity index (χ0v) is 11.6. The number of hydrogen-bond donors (Lipinski definition) is 2. The second-order valence-electron chi connectivity index (χ2n) is 4.25. The molecule has 0 fully saturated rings. The molecule has 0 saturated carbocycles. The minimum absolute atomic E-state index is 0.146. The van der Waals surface area contributed by atoms with Crippen molar-refractivity contribution >= 4 is 23.2 Å². The van der Waals surface area contributed by atoms with Gasteiger partial charge in [0.2, 0.25) is 0 Å². The van der Waals surface area contributed by atoms with E-state index >= 15 is 0 Å². The number of benzene rings is 1. The highest BCUT2D eigenvalue weighted by molar-refractivity contribution is 6.43. The molecule has 5 heteroatoms. The molecule has 0 aliphatic carbocycles. The summed E-state index contributed by atoms with van der Waals surface area (Å²) in [5.74, 6) is 0. The van der Waals surface area contributed by atoms with Crippen LogP contribution in [-0.4, -0.2) is 16.2 Å². The minimum Gasteiger partial charge on any atom is -0.327 e. The molecule has 1 heterocycles. The van der Waals surface area contributed by atoms with Crippen LogP contribution in [0.1, 0.15) is 19.0 Å². The van der Waals surface area contributed by atoms with E-state index in [1.807, 2.05) is 18.2 Å². The number of aromatic amines is 1. The molecule has 0 aliphatic heterocycles. The Hall–Kier alpha value is -1.03. The van der Waals surface area contributed by atoms with E-state index < -0.39 is 0 Å². The Bertz CT molecular complexity index is 537. The van der Waals surface area contributed by atoms with Gasteiger partial charge in [-0.25, -0.2) is 0 Å². The topological polar surface area (TPSA) is 54.7 Å². The van der Waals surface area contributed by atoms with E-state index in [1.165, 1.54) is 0 Å².